The van der Waals surface area contributed by atoms with Crippen molar-refractivity contribution in [3.63, 3.8) is 0 Å². The highest BCUT2D eigenvalue weighted by Crippen LogP contribution is 2.23. The van der Waals surface area contributed by atoms with Crippen LogP contribution in [0.2, 0.25) is 0 Å². The number of likely N-dealkylation sites (N-methyl/N-ethyl adjacent to an activating group) is 1. The minimum Gasteiger partial charge on any atom is -0.351 e. The van der Waals surface area contributed by atoms with Crippen molar-refractivity contribution in [3.8, 4) is 0 Å². The lowest BCUT2D eigenvalue weighted by atomic mass is 10.1. The third-order valence-corrected chi connectivity index (χ3v) is 4.21. The lowest BCUT2D eigenvalue weighted by molar-refractivity contribution is 0.0953. The van der Waals surface area contributed by atoms with Gasteiger partial charge in [-0.05, 0) is 31.2 Å². The second kappa shape index (κ2) is 7.16. The number of hydrogen-bond donors (Lipinski definition) is 3. The summed E-state index contributed by atoms with van der Waals surface area (Å²) in [6.45, 7) is 5.46. The molecule has 1 aromatic rings. The van der Waals surface area contributed by atoms with Gasteiger partial charge < -0.3 is 10.6 Å². The van der Waals surface area contributed by atoms with Crippen LogP contribution in [0, 0.1) is 6.92 Å². The molecule has 20 heavy (non-hydrogen) atoms. The van der Waals surface area contributed by atoms with Gasteiger partial charge in [0.1, 0.15) is 0 Å². The fraction of sp³-hybridized carbons (Fsp3) is 0.417. The summed E-state index contributed by atoms with van der Waals surface area (Å²) in [5.41, 5.74) is 0.636. The molecule has 0 unspecified atom stereocenters. The highest BCUT2D eigenvalue weighted by molar-refractivity contribution is 9.10. The normalized spacial score (nSPS) is 11.4. The Bertz CT molecular complexity index is 602. The molecule has 0 atom stereocenters. The van der Waals surface area contributed by atoms with Gasteiger partial charge in [-0.15, -0.1) is 0 Å². The highest BCUT2D eigenvalue weighted by atomic mass is 79.9. The fourth-order valence-electron chi connectivity index (χ4n) is 1.72. The zero-order chi connectivity index (χ0) is 15.3. The largest absolute Gasteiger partial charge is 0.351 e. The number of nitrogens with one attached hydrogen (secondary N) is 2. The molecule has 4 N–H and O–H groups in total. The van der Waals surface area contributed by atoms with Gasteiger partial charge in [-0.3, -0.25) is 4.79 Å². The van der Waals surface area contributed by atoms with Gasteiger partial charge in [0.15, 0.2) is 0 Å². The van der Waals surface area contributed by atoms with Gasteiger partial charge in [0.25, 0.3) is 5.91 Å². The number of sulfonamides is 1. The second-order valence-electron chi connectivity index (χ2n) is 4.23. The third kappa shape index (κ3) is 4.55. The molecule has 0 aliphatic rings. The number of rotatable bonds is 6. The van der Waals surface area contributed by atoms with E-state index < -0.39 is 10.0 Å². The molecule has 0 aliphatic heterocycles. The van der Waals surface area contributed by atoms with Crippen LogP contribution in [-0.4, -0.2) is 34.0 Å². The van der Waals surface area contributed by atoms with Crippen molar-refractivity contribution >= 4 is 31.9 Å². The van der Waals surface area contributed by atoms with Crippen molar-refractivity contribution in [1.82, 2.24) is 10.6 Å². The topological polar surface area (TPSA) is 101 Å². The fourth-order valence-corrected chi connectivity index (χ4v) is 3.16. The van der Waals surface area contributed by atoms with E-state index in [1.54, 1.807) is 13.0 Å². The molecule has 0 saturated heterocycles. The molecule has 1 amide bonds. The van der Waals surface area contributed by atoms with Crippen molar-refractivity contribution in [2.24, 2.45) is 5.14 Å². The Morgan fingerprint density at radius 2 is 2.00 bits per heavy atom. The van der Waals surface area contributed by atoms with Crippen LogP contribution in [0.3, 0.4) is 0 Å². The SMILES string of the molecule is CCNCCNC(=O)c1cc(Br)cc(S(N)(=O)=O)c1C. The van der Waals surface area contributed by atoms with E-state index in [1.165, 1.54) is 6.07 Å². The van der Waals surface area contributed by atoms with E-state index in [1.807, 2.05) is 6.92 Å². The highest BCUT2D eigenvalue weighted by Gasteiger charge is 2.19. The molecular formula is C12H18BrN3O3S. The Morgan fingerprint density at radius 1 is 1.35 bits per heavy atom. The number of benzene rings is 1. The van der Waals surface area contributed by atoms with Crippen molar-refractivity contribution in [2.75, 3.05) is 19.6 Å². The number of primary sulfonamides is 1. The van der Waals surface area contributed by atoms with E-state index in [0.717, 1.165) is 6.54 Å². The van der Waals surface area contributed by atoms with Crippen LogP contribution in [-0.2, 0) is 10.0 Å². The first-order chi connectivity index (χ1) is 9.27. The van der Waals surface area contributed by atoms with Crippen molar-refractivity contribution in [2.45, 2.75) is 18.7 Å². The molecule has 112 valence electrons. The molecule has 0 aliphatic carbocycles. The van der Waals surface area contributed by atoms with Gasteiger partial charge in [-0.2, -0.15) is 0 Å². The predicted octanol–water partition coefficient (Wildman–Crippen LogP) is 0.744. The Kier molecular flexibility index (Phi) is 6.12. The van der Waals surface area contributed by atoms with E-state index in [9.17, 15) is 13.2 Å². The summed E-state index contributed by atoms with van der Waals surface area (Å²) in [5, 5.41) is 10.9. The number of halogens is 1. The number of amides is 1. The maximum Gasteiger partial charge on any atom is 0.251 e. The van der Waals surface area contributed by atoms with Crippen LogP contribution < -0.4 is 15.8 Å². The van der Waals surface area contributed by atoms with Gasteiger partial charge in [0, 0.05) is 23.1 Å². The van der Waals surface area contributed by atoms with Crippen LogP contribution in [0.1, 0.15) is 22.8 Å². The first-order valence-corrected chi connectivity index (χ1v) is 8.43. The van der Waals surface area contributed by atoms with E-state index in [-0.39, 0.29) is 10.8 Å². The number of carbonyl (C=O) groups is 1. The monoisotopic (exact) mass is 363 g/mol. The Hall–Kier alpha value is -0.960. The summed E-state index contributed by atoms with van der Waals surface area (Å²) in [4.78, 5) is 12.0. The van der Waals surface area contributed by atoms with Crippen LogP contribution in [0.5, 0.6) is 0 Å². The summed E-state index contributed by atoms with van der Waals surface area (Å²) in [6, 6.07) is 2.96. The lowest BCUT2D eigenvalue weighted by Crippen LogP contribution is -2.32. The van der Waals surface area contributed by atoms with Crippen molar-refractivity contribution in [3.05, 3.63) is 27.7 Å². The minimum absolute atomic E-state index is 0.0521. The smallest absolute Gasteiger partial charge is 0.251 e. The van der Waals surface area contributed by atoms with Crippen LogP contribution in [0.4, 0.5) is 0 Å². The summed E-state index contributed by atoms with van der Waals surface area (Å²) in [6.07, 6.45) is 0. The molecular weight excluding hydrogens is 346 g/mol. The number of hydrogen-bond acceptors (Lipinski definition) is 4. The maximum atomic E-state index is 12.1. The zero-order valence-corrected chi connectivity index (χ0v) is 13.8. The van der Waals surface area contributed by atoms with Gasteiger partial charge in [-0.25, -0.2) is 13.6 Å². The molecule has 0 heterocycles. The summed E-state index contributed by atoms with van der Waals surface area (Å²) < 4.78 is 23.5. The molecule has 6 nitrogen and oxygen atoms in total. The van der Waals surface area contributed by atoms with Gasteiger partial charge in [-0.1, -0.05) is 22.9 Å². The predicted molar refractivity (Wildman–Crippen MR) is 81.1 cm³/mol. The van der Waals surface area contributed by atoms with E-state index >= 15 is 0 Å². The molecule has 1 aromatic carbocycles. The summed E-state index contributed by atoms with van der Waals surface area (Å²) >= 11 is 3.19. The maximum absolute atomic E-state index is 12.1. The molecule has 8 heteroatoms. The molecule has 0 bridgehead atoms. The van der Waals surface area contributed by atoms with Crippen LogP contribution in [0.25, 0.3) is 0 Å². The van der Waals surface area contributed by atoms with Crippen molar-refractivity contribution in [1.29, 1.82) is 0 Å². The van der Waals surface area contributed by atoms with Crippen LogP contribution in [0.15, 0.2) is 21.5 Å². The summed E-state index contributed by atoms with van der Waals surface area (Å²) in [5.74, 6) is -0.327. The quantitative estimate of drug-likeness (QED) is 0.648. The molecule has 1 rings (SSSR count). The molecule has 0 saturated carbocycles. The molecule has 0 radical (unpaired) electrons. The lowest BCUT2D eigenvalue weighted by Gasteiger charge is -2.11. The molecule has 0 fully saturated rings. The van der Waals surface area contributed by atoms with Crippen molar-refractivity contribution < 1.29 is 13.2 Å². The number of nitrogens with two attached hydrogens (primary N) is 1. The zero-order valence-electron chi connectivity index (χ0n) is 11.4. The van der Waals surface area contributed by atoms with E-state index in [0.29, 0.717) is 28.7 Å². The first kappa shape index (κ1) is 17.1. The number of carbonyl (C=O) groups excluding carboxylic acids is 1. The first-order valence-electron chi connectivity index (χ1n) is 6.09. The van der Waals surface area contributed by atoms with E-state index in [4.69, 9.17) is 5.14 Å². The Labute approximate surface area is 127 Å². The summed E-state index contributed by atoms with van der Waals surface area (Å²) in [7, 11) is -3.86. The van der Waals surface area contributed by atoms with Crippen LogP contribution >= 0.6 is 15.9 Å². The van der Waals surface area contributed by atoms with Gasteiger partial charge in [0.2, 0.25) is 10.0 Å². The Balaban J connectivity index is 3.01. The standard InChI is InChI=1S/C12H18BrN3O3S/c1-3-15-4-5-16-12(17)10-6-9(13)7-11(8(10)2)20(14,18)19/h6-7,15H,3-5H2,1-2H3,(H,16,17)(H2,14,18,19). The average molecular weight is 364 g/mol. The average Bonchev–Trinajstić information content (AvgIpc) is 2.35. The van der Waals surface area contributed by atoms with Gasteiger partial charge >= 0.3 is 0 Å². The minimum atomic E-state index is -3.86. The molecule has 0 spiro atoms. The Morgan fingerprint density at radius 3 is 2.55 bits per heavy atom. The molecule has 0 aromatic heterocycles. The second-order valence-corrected chi connectivity index (χ2v) is 6.68. The third-order valence-electron chi connectivity index (χ3n) is 2.71. The van der Waals surface area contributed by atoms with Gasteiger partial charge in [0.05, 0.1) is 4.90 Å². The van der Waals surface area contributed by atoms with E-state index in [2.05, 4.69) is 26.6 Å².